The van der Waals surface area contributed by atoms with Crippen LogP contribution in [0.15, 0.2) is 105 Å². The van der Waals surface area contributed by atoms with Crippen LogP contribution in [0.3, 0.4) is 0 Å². The van der Waals surface area contributed by atoms with Gasteiger partial charge in [-0.3, -0.25) is 0 Å². The molecule has 8 nitrogen and oxygen atoms in total. The zero-order valence-electron chi connectivity index (χ0n) is 18.2. The number of aliphatic imine (C=N–C) groups is 4. The monoisotopic (exact) mass is 460 g/mol. The summed E-state index contributed by atoms with van der Waals surface area (Å²) < 4.78 is 0. The van der Waals surface area contributed by atoms with E-state index in [1.165, 1.54) is 24.3 Å². The molecule has 0 aromatic heterocycles. The van der Waals surface area contributed by atoms with E-state index in [1.807, 2.05) is 24.3 Å². The van der Waals surface area contributed by atoms with E-state index < -0.39 is 0 Å². The lowest BCUT2D eigenvalue weighted by Gasteiger charge is -2.02. The van der Waals surface area contributed by atoms with Gasteiger partial charge in [0.2, 0.25) is 24.3 Å². The Bertz CT molecular complexity index is 1400. The fourth-order valence-corrected chi connectivity index (χ4v) is 3.29. The van der Waals surface area contributed by atoms with Crippen molar-refractivity contribution in [1.29, 1.82) is 0 Å². The summed E-state index contributed by atoms with van der Waals surface area (Å²) in [6, 6.07) is 25.2. The molecule has 0 radical (unpaired) electrons. The molecule has 0 saturated carbocycles. The van der Waals surface area contributed by atoms with Gasteiger partial charge in [0.25, 0.3) is 0 Å². The Kier molecular flexibility index (Phi) is 8.77. The van der Waals surface area contributed by atoms with Crippen molar-refractivity contribution in [3.8, 4) is 0 Å². The van der Waals surface area contributed by atoms with Gasteiger partial charge in [-0.15, -0.1) is 0 Å². The molecule has 0 bridgehead atoms. The van der Waals surface area contributed by atoms with Crippen LogP contribution in [0.5, 0.6) is 0 Å². The maximum absolute atomic E-state index is 10.3. The highest BCUT2D eigenvalue weighted by Crippen LogP contribution is 2.31. The summed E-state index contributed by atoms with van der Waals surface area (Å²) in [5.74, 6) is 0. The molecule has 0 unspecified atom stereocenters. The number of benzene rings is 4. The highest BCUT2D eigenvalue weighted by molar-refractivity contribution is 6.00. The number of fused-ring (bicyclic) bond motifs is 1. The number of carbonyl (C=O) groups excluding carboxylic acids is 4. The first kappa shape index (κ1) is 24.3. The van der Waals surface area contributed by atoms with Crippen LogP contribution in [0.25, 0.3) is 10.8 Å². The second-order valence-corrected chi connectivity index (χ2v) is 6.97. The van der Waals surface area contributed by atoms with E-state index in [0.717, 1.165) is 28.3 Å². The van der Waals surface area contributed by atoms with E-state index in [9.17, 15) is 19.2 Å². The smallest absolute Gasteiger partial charge is 0.211 e. The van der Waals surface area contributed by atoms with Gasteiger partial charge >= 0.3 is 0 Å². The summed E-state index contributed by atoms with van der Waals surface area (Å²) in [5, 5.41) is 1.50. The van der Waals surface area contributed by atoms with Crippen LogP contribution in [0.2, 0.25) is 0 Å². The molecule has 168 valence electrons. The Morgan fingerprint density at radius 1 is 0.457 bits per heavy atom. The number of rotatable bonds is 6. The van der Waals surface area contributed by atoms with Crippen molar-refractivity contribution in [1.82, 2.24) is 0 Å². The second-order valence-electron chi connectivity index (χ2n) is 6.97. The van der Waals surface area contributed by atoms with Crippen molar-refractivity contribution >= 4 is 57.8 Å². The SMILES string of the molecule is O=C=Nc1ccc(Cc2ccc(N=C=O)cc2)cc1.O=C=Nc1cccc2c(N=C=O)cccc12. The summed E-state index contributed by atoms with van der Waals surface area (Å²) in [6.45, 7) is 0. The Hall–Kier alpha value is -5.34. The number of nitrogens with zero attached hydrogens (tertiary/aromatic N) is 4. The fourth-order valence-electron chi connectivity index (χ4n) is 3.29. The van der Waals surface area contributed by atoms with Crippen molar-refractivity contribution in [2.45, 2.75) is 6.42 Å². The van der Waals surface area contributed by atoms with E-state index in [4.69, 9.17) is 0 Å². The Morgan fingerprint density at radius 2 is 0.829 bits per heavy atom. The van der Waals surface area contributed by atoms with Crippen molar-refractivity contribution in [3.63, 3.8) is 0 Å². The van der Waals surface area contributed by atoms with Crippen molar-refractivity contribution < 1.29 is 19.2 Å². The van der Waals surface area contributed by atoms with Crippen LogP contribution >= 0.6 is 0 Å². The molecule has 0 aliphatic carbocycles. The third kappa shape index (κ3) is 6.82. The second kappa shape index (κ2) is 12.6. The minimum atomic E-state index is 0.510. The topological polar surface area (TPSA) is 118 Å². The standard InChI is InChI=1S/C15H10N2O2.C12H6N2O2/c18-10-16-14-5-1-12(2-6-14)9-13-3-7-15(8-4-13)17-11-19;15-7-13-11-5-1-3-9-10(11)4-2-6-12(9)14-8-16/h1-8H,9H2;1-6H. The molecule has 4 rings (SSSR count). The third-order valence-electron chi connectivity index (χ3n) is 4.84. The van der Waals surface area contributed by atoms with E-state index >= 15 is 0 Å². The maximum Gasteiger partial charge on any atom is 0.240 e. The van der Waals surface area contributed by atoms with E-state index in [-0.39, 0.29) is 0 Å². The molecule has 0 N–H and O–H groups in total. The summed E-state index contributed by atoms with van der Waals surface area (Å²) in [4.78, 5) is 55.0. The van der Waals surface area contributed by atoms with Crippen molar-refractivity contribution in [2.75, 3.05) is 0 Å². The Balaban J connectivity index is 0.000000198. The van der Waals surface area contributed by atoms with Gasteiger partial charge in [0.1, 0.15) is 0 Å². The lowest BCUT2D eigenvalue weighted by Crippen LogP contribution is -1.86. The molecule has 4 aromatic rings. The molecule has 8 heteroatoms. The first-order chi connectivity index (χ1) is 17.2. The van der Waals surface area contributed by atoms with Gasteiger partial charge in [-0.05, 0) is 53.9 Å². The molecular formula is C27H16N4O4. The highest BCUT2D eigenvalue weighted by Gasteiger charge is 2.03. The zero-order chi connectivity index (χ0) is 24.9. The molecule has 0 amide bonds. The van der Waals surface area contributed by atoms with Crippen LogP contribution in [0, 0.1) is 0 Å². The van der Waals surface area contributed by atoms with Crippen molar-refractivity contribution in [3.05, 3.63) is 96.1 Å². The largest absolute Gasteiger partial charge is 0.240 e. The van der Waals surface area contributed by atoms with Crippen LogP contribution in [-0.4, -0.2) is 24.3 Å². The van der Waals surface area contributed by atoms with Gasteiger partial charge in [0, 0.05) is 10.8 Å². The molecule has 0 spiro atoms. The van der Waals surface area contributed by atoms with Gasteiger partial charge in [0.15, 0.2) is 0 Å². The number of isocyanates is 4. The first-order valence-electron chi connectivity index (χ1n) is 10.2. The molecule has 0 atom stereocenters. The molecule has 4 aromatic carbocycles. The molecule has 0 heterocycles. The van der Waals surface area contributed by atoms with E-state index in [1.54, 1.807) is 60.7 Å². The van der Waals surface area contributed by atoms with Crippen molar-refractivity contribution in [2.24, 2.45) is 20.0 Å². The fraction of sp³-hybridized carbons (Fsp3) is 0.0370. The molecule has 0 aliphatic heterocycles. The average molecular weight is 460 g/mol. The van der Waals surface area contributed by atoms with Gasteiger partial charge in [-0.1, -0.05) is 48.5 Å². The lowest BCUT2D eigenvalue weighted by atomic mass is 10.0. The number of hydrogen-bond donors (Lipinski definition) is 0. The molecule has 0 saturated heterocycles. The minimum Gasteiger partial charge on any atom is -0.211 e. The molecule has 0 aliphatic rings. The molecule has 35 heavy (non-hydrogen) atoms. The van der Waals surface area contributed by atoms with Gasteiger partial charge in [-0.2, -0.15) is 20.0 Å². The minimum absolute atomic E-state index is 0.510. The predicted octanol–water partition coefficient (Wildman–Crippen LogP) is 5.99. The normalized spacial score (nSPS) is 9.26. The molecule has 0 fully saturated rings. The Labute approximate surface area is 199 Å². The average Bonchev–Trinajstić information content (AvgIpc) is 2.88. The van der Waals surface area contributed by atoms with E-state index in [0.29, 0.717) is 22.7 Å². The van der Waals surface area contributed by atoms with Crippen LogP contribution in [-0.2, 0) is 25.6 Å². The summed E-state index contributed by atoms with van der Waals surface area (Å²) >= 11 is 0. The first-order valence-corrected chi connectivity index (χ1v) is 10.2. The number of hydrogen-bond acceptors (Lipinski definition) is 8. The predicted molar refractivity (Wildman–Crippen MR) is 131 cm³/mol. The summed E-state index contributed by atoms with van der Waals surface area (Å²) in [6.07, 6.45) is 6.76. The highest BCUT2D eigenvalue weighted by atomic mass is 16.1. The van der Waals surface area contributed by atoms with Crippen LogP contribution in [0.1, 0.15) is 11.1 Å². The van der Waals surface area contributed by atoms with Gasteiger partial charge < -0.3 is 0 Å². The molecular weight excluding hydrogens is 444 g/mol. The summed E-state index contributed by atoms with van der Waals surface area (Å²) in [5.41, 5.74) is 4.42. The quantitative estimate of drug-likeness (QED) is 0.259. The third-order valence-corrected chi connectivity index (χ3v) is 4.84. The van der Waals surface area contributed by atoms with Gasteiger partial charge in [-0.25, -0.2) is 19.2 Å². The van der Waals surface area contributed by atoms with Crippen LogP contribution < -0.4 is 0 Å². The van der Waals surface area contributed by atoms with E-state index in [2.05, 4.69) is 20.0 Å². The Morgan fingerprint density at radius 3 is 1.17 bits per heavy atom. The summed E-state index contributed by atoms with van der Waals surface area (Å²) in [7, 11) is 0. The zero-order valence-corrected chi connectivity index (χ0v) is 18.2. The maximum atomic E-state index is 10.3. The van der Waals surface area contributed by atoms with Gasteiger partial charge in [0.05, 0.1) is 22.7 Å². The van der Waals surface area contributed by atoms with Crippen LogP contribution in [0.4, 0.5) is 22.7 Å². The lowest BCUT2D eigenvalue weighted by molar-refractivity contribution is 0.564.